The zero-order valence-electron chi connectivity index (χ0n) is 13.2. The van der Waals surface area contributed by atoms with Gasteiger partial charge in [-0.15, -0.1) is 0 Å². The van der Waals surface area contributed by atoms with Crippen molar-refractivity contribution in [1.82, 2.24) is 9.97 Å². The van der Waals surface area contributed by atoms with Gasteiger partial charge < -0.3 is 19.7 Å². The maximum atomic E-state index is 5.53. The normalized spacial score (nSPS) is 25.4. The van der Waals surface area contributed by atoms with Crippen molar-refractivity contribution >= 4 is 11.6 Å². The Bertz CT molecular complexity index is 507. The van der Waals surface area contributed by atoms with E-state index >= 15 is 0 Å². The lowest BCUT2D eigenvalue weighted by atomic mass is 10.2. The topological polar surface area (TPSA) is 59.5 Å². The molecule has 2 unspecified atom stereocenters. The Hall–Kier alpha value is -1.40. The molecule has 1 saturated carbocycles. The third-order valence-corrected chi connectivity index (χ3v) is 4.44. The molecule has 0 amide bonds. The van der Waals surface area contributed by atoms with E-state index in [4.69, 9.17) is 14.5 Å². The molecule has 6 nitrogen and oxygen atoms in total. The van der Waals surface area contributed by atoms with Gasteiger partial charge in [0.15, 0.2) is 0 Å². The second kappa shape index (κ2) is 5.77. The zero-order chi connectivity index (χ0) is 15.0. The van der Waals surface area contributed by atoms with Crippen LogP contribution < -0.4 is 10.2 Å². The van der Waals surface area contributed by atoms with E-state index in [0.29, 0.717) is 5.92 Å². The van der Waals surface area contributed by atoms with Crippen molar-refractivity contribution < 1.29 is 9.47 Å². The number of nitrogens with one attached hydrogen (secondary N) is 1. The smallest absolute Gasteiger partial charge is 0.137 e. The molecule has 0 bridgehead atoms. The Morgan fingerprint density at radius 1 is 1.10 bits per heavy atom. The molecule has 21 heavy (non-hydrogen) atoms. The van der Waals surface area contributed by atoms with E-state index in [1.54, 1.807) is 14.2 Å². The van der Waals surface area contributed by atoms with E-state index in [0.717, 1.165) is 36.1 Å². The molecule has 116 valence electrons. The van der Waals surface area contributed by atoms with Crippen LogP contribution in [0, 0.1) is 6.92 Å². The summed E-state index contributed by atoms with van der Waals surface area (Å²) in [6.07, 6.45) is 2.58. The molecule has 2 heterocycles. The summed E-state index contributed by atoms with van der Waals surface area (Å²) < 4.78 is 11.1. The van der Waals surface area contributed by atoms with Crippen LogP contribution >= 0.6 is 0 Å². The van der Waals surface area contributed by atoms with Gasteiger partial charge in [-0.3, -0.25) is 0 Å². The fourth-order valence-corrected chi connectivity index (χ4v) is 2.97. The molecule has 1 saturated heterocycles. The molecule has 2 atom stereocenters. The maximum absolute atomic E-state index is 5.53. The van der Waals surface area contributed by atoms with Crippen molar-refractivity contribution in [2.45, 2.75) is 37.9 Å². The lowest BCUT2D eigenvalue weighted by Crippen LogP contribution is -2.27. The SMILES string of the molecule is CNc1nc(C2CC2)nc(N2CC(OC)C(OC)C2)c1C. The number of nitrogens with zero attached hydrogens (tertiary/aromatic N) is 3. The van der Waals surface area contributed by atoms with Crippen molar-refractivity contribution in [1.29, 1.82) is 0 Å². The number of ether oxygens (including phenoxy) is 2. The van der Waals surface area contributed by atoms with Crippen LogP contribution in [-0.4, -0.2) is 56.5 Å². The van der Waals surface area contributed by atoms with Crippen LogP contribution in [-0.2, 0) is 9.47 Å². The Morgan fingerprint density at radius 3 is 2.19 bits per heavy atom. The van der Waals surface area contributed by atoms with E-state index < -0.39 is 0 Å². The van der Waals surface area contributed by atoms with Crippen LogP contribution in [0.25, 0.3) is 0 Å². The van der Waals surface area contributed by atoms with Gasteiger partial charge >= 0.3 is 0 Å². The van der Waals surface area contributed by atoms with Crippen LogP contribution in [0.4, 0.5) is 11.6 Å². The van der Waals surface area contributed by atoms with Crippen LogP contribution in [0.3, 0.4) is 0 Å². The molecule has 6 heteroatoms. The summed E-state index contributed by atoms with van der Waals surface area (Å²) in [5.74, 6) is 3.44. The quantitative estimate of drug-likeness (QED) is 0.888. The molecule has 3 rings (SSSR count). The minimum absolute atomic E-state index is 0.0896. The van der Waals surface area contributed by atoms with Crippen LogP contribution in [0.5, 0.6) is 0 Å². The first-order valence-electron chi connectivity index (χ1n) is 7.54. The summed E-state index contributed by atoms with van der Waals surface area (Å²) in [6.45, 7) is 3.68. The maximum Gasteiger partial charge on any atom is 0.137 e. The van der Waals surface area contributed by atoms with Crippen LogP contribution in [0.15, 0.2) is 0 Å². The summed E-state index contributed by atoms with van der Waals surface area (Å²) in [5, 5.41) is 3.19. The number of hydrogen-bond acceptors (Lipinski definition) is 6. The molecule has 1 aromatic rings. The van der Waals surface area contributed by atoms with Gasteiger partial charge in [-0.25, -0.2) is 9.97 Å². The second-order valence-electron chi connectivity index (χ2n) is 5.86. The molecule has 1 aliphatic carbocycles. The molecule has 0 radical (unpaired) electrons. The summed E-state index contributed by atoms with van der Waals surface area (Å²) in [6, 6.07) is 0. The van der Waals surface area contributed by atoms with Crippen molar-refractivity contribution in [2.24, 2.45) is 0 Å². The molecule has 1 aromatic heterocycles. The molecular formula is C15H24N4O2. The number of methoxy groups -OCH3 is 2. The predicted octanol–water partition coefficient (Wildman–Crippen LogP) is 1.55. The average Bonchev–Trinajstić information content (AvgIpc) is 3.26. The van der Waals surface area contributed by atoms with Gasteiger partial charge in [0.25, 0.3) is 0 Å². The fraction of sp³-hybridized carbons (Fsp3) is 0.733. The Kier molecular flexibility index (Phi) is 3.99. The van der Waals surface area contributed by atoms with Gasteiger partial charge in [0.05, 0.1) is 0 Å². The van der Waals surface area contributed by atoms with E-state index in [1.165, 1.54) is 12.8 Å². The van der Waals surface area contributed by atoms with Gasteiger partial charge in [-0.05, 0) is 19.8 Å². The Labute approximate surface area is 125 Å². The molecule has 2 aliphatic rings. The Balaban J connectivity index is 1.92. The van der Waals surface area contributed by atoms with Crippen molar-refractivity contribution in [3.05, 3.63) is 11.4 Å². The molecule has 0 spiro atoms. The summed E-state index contributed by atoms with van der Waals surface area (Å²) >= 11 is 0. The highest BCUT2D eigenvalue weighted by Gasteiger charge is 2.36. The average molecular weight is 292 g/mol. The van der Waals surface area contributed by atoms with Crippen molar-refractivity contribution in [3.63, 3.8) is 0 Å². The first-order chi connectivity index (χ1) is 10.2. The number of anilines is 2. The molecule has 1 aliphatic heterocycles. The highest BCUT2D eigenvalue weighted by atomic mass is 16.5. The minimum atomic E-state index is 0.0896. The third-order valence-electron chi connectivity index (χ3n) is 4.44. The molecular weight excluding hydrogens is 268 g/mol. The highest BCUT2D eigenvalue weighted by molar-refractivity contribution is 5.59. The fourth-order valence-electron chi connectivity index (χ4n) is 2.97. The summed E-state index contributed by atoms with van der Waals surface area (Å²) in [4.78, 5) is 11.7. The van der Waals surface area contributed by atoms with Gasteiger partial charge in [-0.1, -0.05) is 0 Å². The van der Waals surface area contributed by atoms with E-state index in [1.807, 2.05) is 7.05 Å². The first kappa shape index (κ1) is 14.5. The summed E-state index contributed by atoms with van der Waals surface area (Å²) in [5.41, 5.74) is 1.09. The minimum Gasteiger partial charge on any atom is -0.377 e. The van der Waals surface area contributed by atoms with E-state index in [2.05, 4.69) is 22.1 Å². The van der Waals surface area contributed by atoms with Gasteiger partial charge in [-0.2, -0.15) is 0 Å². The van der Waals surface area contributed by atoms with Gasteiger partial charge in [0, 0.05) is 45.8 Å². The van der Waals surface area contributed by atoms with E-state index in [9.17, 15) is 0 Å². The molecule has 0 aromatic carbocycles. The van der Waals surface area contributed by atoms with Crippen LogP contribution in [0.2, 0.25) is 0 Å². The largest absolute Gasteiger partial charge is 0.377 e. The van der Waals surface area contributed by atoms with Gasteiger partial charge in [0.1, 0.15) is 29.7 Å². The number of rotatable bonds is 5. The monoisotopic (exact) mass is 292 g/mol. The first-order valence-corrected chi connectivity index (χ1v) is 7.54. The zero-order valence-corrected chi connectivity index (χ0v) is 13.2. The number of hydrogen-bond donors (Lipinski definition) is 1. The molecule has 2 fully saturated rings. The van der Waals surface area contributed by atoms with Crippen LogP contribution in [0.1, 0.15) is 30.1 Å². The third kappa shape index (κ3) is 2.70. The lowest BCUT2D eigenvalue weighted by molar-refractivity contribution is -0.00461. The van der Waals surface area contributed by atoms with Crippen molar-refractivity contribution in [2.75, 3.05) is 44.6 Å². The highest BCUT2D eigenvalue weighted by Crippen LogP contribution is 2.40. The van der Waals surface area contributed by atoms with Gasteiger partial charge in [0.2, 0.25) is 0 Å². The Morgan fingerprint density at radius 2 is 1.71 bits per heavy atom. The predicted molar refractivity (Wildman–Crippen MR) is 82.1 cm³/mol. The van der Waals surface area contributed by atoms with E-state index in [-0.39, 0.29) is 12.2 Å². The standard InChI is InChI=1S/C15H24N4O2/c1-9-13(16-2)17-14(10-5-6-10)18-15(9)19-7-11(20-3)12(8-19)21-4/h10-12H,5-8H2,1-4H3,(H,16,17,18). The van der Waals surface area contributed by atoms with Crippen molar-refractivity contribution in [3.8, 4) is 0 Å². The summed E-state index contributed by atoms with van der Waals surface area (Å²) in [7, 11) is 5.39. The second-order valence-corrected chi connectivity index (χ2v) is 5.86. The number of aromatic nitrogens is 2. The molecule has 1 N–H and O–H groups in total. The lowest BCUT2D eigenvalue weighted by Gasteiger charge is -2.21.